The van der Waals surface area contributed by atoms with Gasteiger partial charge in [0.1, 0.15) is 0 Å². The van der Waals surface area contributed by atoms with Gasteiger partial charge in [-0.2, -0.15) is 0 Å². The van der Waals surface area contributed by atoms with Crippen LogP contribution in [0, 0.1) is 0 Å². The molecular formula is C34H30B2N2O. The summed E-state index contributed by atoms with van der Waals surface area (Å²) in [5.74, 6) is 0. The zero-order valence-corrected chi connectivity index (χ0v) is 22.0. The number of fused-ring (bicyclic) bond motifs is 2. The van der Waals surface area contributed by atoms with Crippen LogP contribution in [-0.4, -0.2) is 27.2 Å². The fourth-order valence-electron chi connectivity index (χ4n) is 5.60. The van der Waals surface area contributed by atoms with Crippen LogP contribution in [0.15, 0.2) is 135 Å². The van der Waals surface area contributed by atoms with E-state index in [9.17, 15) is 0 Å². The van der Waals surface area contributed by atoms with Gasteiger partial charge < -0.3 is 14.2 Å². The van der Waals surface area contributed by atoms with Crippen molar-refractivity contribution < 1.29 is 4.57 Å². The van der Waals surface area contributed by atoms with Crippen molar-refractivity contribution in [3.05, 3.63) is 157 Å². The molecule has 2 aliphatic heterocycles. The van der Waals surface area contributed by atoms with Gasteiger partial charge in [0.15, 0.2) is 0 Å². The van der Waals surface area contributed by atoms with Crippen LogP contribution in [0.3, 0.4) is 0 Å². The number of para-hydroxylation sites is 2. The monoisotopic (exact) mass is 504 g/mol. The quantitative estimate of drug-likeness (QED) is 0.182. The molecule has 0 atom stereocenters. The van der Waals surface area contributed by atoms with Crippen LogP contribution < -0.4 is 9.62 Å². The van der Waals surface area contributed by atoms with Crippen LogP contribution in [0.2, 0.25) is 0 Å². The first kappa shape index (κ1) is 24.8. The summed E-state index contributed by atoms with van der Waals surface area (Å²) in [6.45, 7) is 9.49. The Morgan fingerprint density at radius 3 is 1.33 bits per heavy atom. The molecule has 0 N–H and O–H groups in total. The molecule has 0 bridgehead atoms. The lowest BCUT2D eigenvalue weighted by atomic mass is 9.56. The molecular weight excluding hydrogens is 474 g/mol. The average Bonchev–Trinajstić information content (AvgIpc) is 3.00. The highest BCUT2D eigenvalue weighted by Crippen LogP contribution is 2.40. The van der Waals surface area contributed by atoms with Crippen LogP contribution in [0.5, 0.6) is 0 Å². The molecule has 2 aliphatic rings. The molecule has 0 unspecified atom stereocenters. The van der Waals surface area contributed by atoms with Crippen molar-refractivity contribution in [2.75, 3.05) is 22.7 Å². The highest BCUT2D eigenvalue weighted by Gasteiger charge is 2.43. The van der Waals surface area contributed by atoms with Crippen molar-refractivity contribution in [1.29, 1.82) is 0 Å². The predicted octanol–water partition coefficient (Wildman–Crippen LogP) is 7.55. The summed E-state index contributed by atoms with van der Waals surface area (Å²) in [4.78, 5) is 4.64. The summed E-state index contributed by atoms with van der Waals surface area (Å²) in [5, 5.41) is 0. The number of benzene rings is 4. The van der Waals surface area contributed by atoms with E-state index in [2.05, 4.69) is 144 Å². The SMILES string of the molecule is C=CCN1B(OB2C(c3ccccc3)=Cc3ccccc3N2CC=C)C(c2ccccc2)=Cc2ccccc21. The number of anilines is 2. The van der Waals surface area contributed by atoms with E-state index in [1.165, 1.54) is 11.1 Å². The lowest BCUT2D eigenvalue weighted by Crippen LogP contribution is -2.55. The van der Waals surface area contributed by atoms with Crippen LogP contribution in [-0.2, 0) is 4.57 Å². The maximum Gasteiger partial charge on any atom is 0.439 e. The van der Waals surface area contributed by atoms with Gasteiger partial charge >= 0.3 is 14.1 Å². The summed E-state index contributed by atoms with van der Waals surface area (Å²) in [6, 6.07) is 38.1. The molecule has 6 rings (SSSR count). The Labute approximate surface area is 232 Å². The first-order chi connectivity index (χ1) is 19.3. The minimum atomic E-state index is -0.338. The van der Waals surface area contributed by atoms with Crippen LogP contribution in [0.25, 0.3) is 23.1 Å². The van der Waals surface area contributed by atoms with E-state index < -0.39 is 0 Å². The van der Waals surface area contributed by atoms with E-state index >= 15 is 0 Å². The molecule has 4 aromatic rings. The minimum absolute atomic E-state index is 0.338. The van der Waals surface area contributed by atoms with Crippen molar-refractivity contribution >= 4 is 48.6 Å². The smallest absolute Gasteiger partial charge is 0.439 e. The second-order valence-electron chi connectivity index (χ2n) is 9.77. The third-order valence-electron chi connectivity index (χ3n) is 7.34. The molecule has 0 aromatic heterocycles. The third-order valence-corrected chi connectivity index (χ3v) is 7.34. The third kappa shape index (κ3) is 4.78. The maximum absolute atomic E-state index is 7.33. The Balaban J connectivity index is 1.52. The zero-order chi connectivity index (χ0) is 26.6. The molecule has 0 spiro atoms. The molecule has 0 radical (unpaired) electrons. The normalized spacial score (nSPS) is 14.3. The molecule has 0 saturated heterocycles. The molecule has 2 heterocycles. The van der Waals surface area contributed by atoms with Crippen LogP contribution >= 0.6 is 0 Å². The van der Waals surface area contributed by atoms with Gasteiger partial charge in [0.05, 0.1) is 0 Å². The first-order valence-corrected chi connectivity index (χ1v) is 13.4. The zero-order valence-electron chi connectivity index (χ0n) is 22.0. The highest BCUT2D eigenvalue weighted by atomic mass is 16.4. The molecule has 4 aromatic carbocycles. The Kier molecular flexibility index (Phi) is 7.07. The van der Waals surface area contributed by atoms with Gasteiger partial charge in [-0.1, -0.05) is 121 Å². The van der Waals surface area contributed by atoms with Gasteiger partial charge in [-0.05, 0) is 45.3 Å². The van der Waals surface area contributed by atoms with E-state index in [-0.39, 0.29) is 14.1 Å². The number of rotatable bonds is 8. The van der Waals surface area contributed by atoms with E-state index in [1.54, 1.807) is 0 Å². The molecule has 188 valence electrons. The standard InChI is InChI=1S/C34H30B2N2O/c1-3-23-37-33-21-13-11-19-29(33)25-31(27-15-7-5-8-16-27)35(37)39-36-32(28-17-9-6-10-18-28)26-30-20-12-14-22-34(30)38(36)24-4-2/h3-22,25-26H,1-2,23-24H2. The van der Waals surface area contributed by atoms with Gasteiger partial charge in [-0.3, -0.25) is 0 Å². The average molecular weight is 504 g/mol. The van der Waals surface area contributed by atoms with Gasteiger partial charge in [-0.15, -0.1) is 13.2 Å². The van der Waals surface area contributed by atoms with E-state index in [0.717, 1.165) is 33.4 Å². The Morgan fingerprint density at radius 2 is 0.923 bits per heavy atom. The molecule has 3 nitrogen and oxygen atoms in total. The second kappa shape index (κ2) is 11.1. The lowest BCUT2D eigenvalue weighted by molar-refractivity contribution is 0.595. The summed E-state index contributed by atoms with van der Waals surface area (Å²) in [5.41, 5.74) is 9.16. The van der Waals surface area contributed by atoms with Crippen molar-refractivity contribution in [3.8, 4) is 0 Å². The van der Waals surface area contributed by atoms with Crippen LogP contribution in [0.1, 0.15) is 22.3 Å². The highest BCUT2D eigenvalue weighted by molar-refractivity contribution is 6.90. The minimum Gasteiger partial charge on any atom is -0.454 e. The molecule has 0 fully saturated rings. The molecule has 0 saturated carbocycles. The lowest BCUT2D eigenvalue weighted by Gasteiger charge is -2.42. The van der Waals surface area contributed by atoms with Crippen LogP contribution in [0.4, 0.5) is 11.4 Å². The van der Waals surface area contributed by atoms with Gasteiger partial charge in [0.2, 0.25) is 0 Å². The number of nitrogens with zero attached hydrogens (tertiary/aromatic N) is 2. The molecule has 5 heteroatoms. The molecule has 0 amide bonds. The van der Waals surface area contributed by atoms with Crippen molar-refractivity contribution in [3.63, 3.8) is 0 Å². The Morgan fingerprint density at radius 1 is 0.538 bits per heavy atom. The van der Waals surface area contributed by atoms with Gasteiger partial charge in [0, 0.05) is 24.5 Å². The summed E-state index contributed by atoms with van der Waals surface area (Å²) >= 11 is 0. The fraction of sp³-hybridized carbons (Fsp3) is 0.0588. The van der Waals surface area contributed by atoms with Gasteiger partial charge in [0.25, 0.3) is 0 Å². The van der Waals surface area contributed by atoms with Crippen molar-refractivity contribution in [2.45, 2.75) is 0 Å². The van der Waals surface area contributed by atoms with E-state index in [0.29, 0.717) is 13.1 Å². The summed E-state index contributed by atoms with van der Waals surface area (Å²) in [6.07, 6.45) is 8.45. The molecule has 39 heavy (non-hydrogen) atoms. The Bertz CT molecular complexity index is 1430. The van der Waals surface area contributed by atoms with Crippen molar-refractivity contribution in [2.24, 2.45) is 0 Å². The summed E-state index contributed by atoms with van der Waals surface area (Å²) in [7, 11) is -0.676. The topological polar surface area (TPSA) is 15.7 Å². The fourth-order valence-corrected chi connectivity index (χ4v) is 5.60. The number of hydrogen-bond acceptors (Lipinski definition) is 3. The molecule has 0 aliphatic carbocycles. The first-order valence-electron chi connectivity index (χ1n) is 13.4. The Hall–Kier alpha value is -4.47. The summed E-state index contributed by atoms with van der Waals surface area (Å²) < 4.78 is 7.33. The number of hydrogen-bond donors (Lipinski definition) is 0. The van der Waals surface area contributed by atoms with E-state index in [4.69, 9.17) is 4.57 Å². The second-order valence-corrected chi connectivity index (χ2v) is 9.77. The largest absolute Gasteiger partial charge is 0.454 e. The predicted molar refractivity (Wildman–Crippen MR) is 169 cm³/mol. The maximum atomic E-state index is 7.33. The van der Waals surface area contributed by atoms with E-state index in [1.807, 2.05) is 12.2 Å². The van der Waals surface area contributed by atoms with Crippen molar-refractivity contribution in [1.82, 2.24) is 0 Å². The van der Waals surface area contributed by atoms with Gasteiger partial charge in [-0.25, -0.2) is 0 Å².